The van der Waals surface area contributed by atoms with Crippen molar-refractivity contribution in [3.8, 4) is 0 Å². The van der Waals surface area contributed by atoms with Crippen LogP contribution in [0.4, 0.5) is 0 Å². The van der Waals surface area contributed by atoms with E-state index in [9.17, 15) is 0 Å². The predicted molar refractivity (Wildman–Crippen MR) is 93.3 cm³/mol. The van der Waals surface area contributed by atoms with Gasteiger partial charge in [-0.25, -0.2) is 9.98 Å². The van der Waals surface area contributed by atoms with Crippen LogP contribution >= 0.6 is 0 Å². The number of nitrogens with zero attached hydrogens (tertiary/aromatic N) is 4. The van der Waals surface area contributed by atoms with Crippen LogP contribution in [0.15, 0.2) is 29.3 Å². The largest absolute Gasteiger partial charge is 0.370 e. The minimum Gasteiger partial charge on any atom is -0.370 e. The Bertz CT molecular complexity index is 720. The van der Waals surface area contributed by atoms with E-state index in [-0.39, 0.29) is 0 Å². The second-order valence-electron chi connectivity index (χ2n) is 6.96. The summed E-state index contributed by atoms with van der Waals surface area (Å²) in [6, 6.07) is 8.96. The maximum absolute atomic E-state index is 6.22. The number of piperidine rings is 1. The van der Waals surface area contributed by atoms with Crippen LogP contribution in [-0.4, -0.2) is 33.5 Å². The maximum atomic E-state index is 6.22. The van der Waals surface area contributed by atoms with Crippen molar-refractivity contribution in [2.24, 2.45) is 16.6 Å². The molecule has 2 aromatic rings. The van der Waals surface area contributed by atoms with Gasteiger partial charge in [-0.1, -0.05) is 19.1 Å². The lowest BCUT2D eigenvalue weighted by Gasteiger charge is -2.31. The molecule has 1 saturated heterocycles. The molecule has 23 heavy (non-hydrogen) atoms. The Morgan fingerprint density at radius 1 is 1.22 bits per heavy atom. The van der Waals surface area contributed by atoms with Crippen LogP contribution in [0.1, 0.15) is 44.5 Å². The third kappa shape index (κ3) is 2.92. The molecule has 1 aromatic heterocycles. The summed E-state index contributed by atoms with van der Waals surface area (Å²) in [5.41, 5.74) is 8.51. The number of para-hydroxylation sites is 2. The van der Waals surface area contributed by atoms with Gasteiger partial charge in [-0.15, -0.1) is 0 Å². The SMILES string of the molecule is CC1CCN(C(N)=NCc2nc3ccccc3n2C2CC2)CC1. The molecule has 2 fully saturated rings. The van der Waals surface area contributed by atoms with Crippen LogP contribution < -0.4 is 5.73 Å². The monoisotopic (exact) mass is 311 g/mol. The Balaban J connectivity index is 1.55. The quantitative estimate of drug-likeness (QED) is 0.700. The third-order valence-electron chi connectivity index (χ3n) is 5.07. The van der Waals surface area contributed by atoms with Crippen LogP contribution in [0.3, 0.4) is 0 Å². The molecule has 0 bridgehead atoms. The van der Waals surface area contributed by atoms with E-state index in [0.717, 1.165) is 30.3 Å². The fourth-order valence-electron chi connectivity index (χ4n) is 3.44. The van der Waals surface area contributed by atoms with Crippen LogP contribution in [0.5, 0.6) is 0 Å². The third-order valence-corrected chi connectivity index (χ3v) is 5.07. The van der Waals surface area contributed by atoms with Gasteiger partial charge in [0.05, 0.1) is 11.0 Å². The molecule has 1 aliphatic carbocycles. The molecule has 0 unspecified atom stereocenters. The second kappa shape index (κ2) is 5.87. The normalized spacial score (nSPS) is 20.4. The van der Waals surface area contributed by atoms with E-state index in [4.69, 9.17) is 10.7 Å². The number of aliphatic imine (C=N–C) groups is 1. The van der Waals surface area contributed by atoms with Gasteiger partial charge >= 0.3 is 0 Å². The summed E-state index contributed by atoms with van der Waals surface area (Å²) in [7, 11) is 0. The van der Waals surface area contributed by atoms with Crippen LogP contribution in [-0.2, 0) is 6.54 Å². The first-order valence-electron chi connectivity index (χ1n) is 8.73. The second-order valence-corrected chi connectivity index (χ2v) is 6.96. The van der Waals surface area contributed by atoms with E-state index < -0.39 is 0 Å². The Kier molecular flexibility index (Phi) is 3.71. The Hall–Kier alpha value is -2.04. The van der Waals surface area contributed by atoms with E-state index >= 15 is 0 Å². The standard InChI is InChI=1S/C18H25N5/c1-13-8-10-22(11-9-13)18(19)20-12-17-21-15-4-2-3-5-16(15)23(17)14-6-7-14/h2-5,13-14H,6-12H2,1H3,(H2,19,20). The van der Waals surface area contributed by atoms with E-state index in [2.05, 4.69) is 39.6 Å². The number of imidazole rings is 1. The minimum atomic E-state index is 0.572. The molecule has 0 spiro atoms. The fourth-order valence-corrected chi connectivity index (χ4v) is 3.44. The molecule has 122 valence electrons. The molecule has 1 saturated carbocycles. The van der Waals surface area contributed by atoms with Crippen LogP contribution in [0.25, 0.3) is 11.0 Å². The molecule has 0 atom stereocenters. The van der Waals surface area contributed by atoms with Crippen LogP contribution in [0.2, 0.25) is 0 Å². The highest BCUT2D eigenvalue weighted by atomic mass is 15.3. The zero-order chi connectivity index (χ0) is 15.8. The summed E-state index contributed by atoms with van der Waals surface area (Å²) in [5.74, 6) is 2.52. The number of likely N-dealkylation sites (tertiary alicyclic amines) is 1. The molecule has 2 heterocycles. The van der Waals surface area contributed by atoms with Gasteiger partial charge in [0.25, 0.3) is 0 Å². The number of fused-ring (bicyclic) bond motifs is 1. The van der Waals surface area contributed by atoms with Crippen molar-refractivity contribution < 1.29 is 0 Å². The summed E-state index contributed by atoms with van der Waals surface area (Å²) < 4.78 is 2.37. The molecular weight excluding hydrogens is 286 g/mol. The highest BCUT2D eigenvalue weighted by Gasteiger charge is 2.28. The smallest absolute Gasteiger partial charge is 0.191 e. The van der Waals surface area contributed by atoms with E-state index in [1.165, 1.54) is 31.2 Å². The highest BCUT2D eigenvalue weighted by Crippen LogP contribution is 2.38. The van der Waals surface area contributed by atoms with Crippen LogP contribution in [0, 0.1) is 5.92 Å². The van der Waals surface area contributed by atoms with Gasteiger partial charge in [0, 0.05) is 19.1 Å². The van der Waals surface area contributed by atoms with Crippen molar-refractivity contribution >= 4 is 17.0 Å². The van der Waals surface area contributed by atoms with Gasteiger partial charge in [0.2, 0.25) is 0 Å². The molecule has 1 aliphatic heterocycles. The fraction of sp³-hybridized carbons (Fsp3) is 0.556. The first kappa shape index (κ1) is 14.5. The van der Waals surface area contributed by atoms with Crippen molar-refractivity contribution in [2.45, 2.75) is 45.2 Å². The number of hydrogen-bond donors (Lipinski definition) is 1. The zero-order valence-corrected chi connectivity index (χ0v) is 13.8. The summed E-state index contributed by atoms with van der Waals surface area (Å²) >= 11 is 0. The molecule has 5 heteroatoms. The summed E-state index contributed by atoms with van der Waals surface area (Å²) in [5, 5.41) is 0. The van der Waals surface area contributed by atoms with Gasteiger partial charge < -0.3 is 15.2 Å². The first-order valence-corrected chi connectivity index (χ1v) is 8.73. The van der Waals surface area contributed by atoms with E-state index in [1.54, 1.807) is 0 Å². The van der Waals surface area contributed by atoms with Gasteiger partial charge in [0.15, 0.2) is 5.96 Å². The van der Waals surface area contributed by atoms with Crippen molar-refractivity contribution in [1.29, 1.82) is 0 Å². The topological polar surface area (TPSA) is 59.4 Å². The first-order chi connectivity index (χ1) is 11.2. The lowest BCUT2D eigenvalue weighted by molar-refractivity contribution is 0.277. The molecule has 0 amide bonds. The number of benzene rings is 1. The molecule has 1 aromatic carbocycles. The average Bonchev–Trinajstić information content (AvgIpc) is 3.33. The molecule has 2 N–H and O–H groups in total. The predicted octanol–water partition coefficient (Wildman–Crippen LogP) is 2.92. The summed E-state index contributed by atoms with van der Waals surface area (Å²) in [6.07, 6.45) is 4.90. The van der Waals surface area contributed by atoms with Gasteiger partial charge in [0.1, 0.15) is 12.4 Å². The molecule has 2 aliphatic rings. The van der Waals surface area contributed by atoms with Gasteiger partial charge in [-0.3, -0.25) is 0 Å². The highest BCUT2D eigenvalue weighted by molar-refractivity contribution is 5.78. The Morgan fingerprint density at radius 3 is 2.70 bits per heavy atom. The van der Waals surface area contributed by atoms with Crippen molar-refractivity contribution in [3.05, 3.63) is 30.1 Å². The average molecular weight is 311 g/mol. The number of hydrogen-bond acceptors (Lipinski definition) is 2. The summed E-state index contributed by atoms with van der Waals surface area (Å²) in [4.78, 5) is 11.6. The lowest BCUT2D eigenvalue weighted by Crippen LogP contribution is -2.42. The van der Waals surface area contributed by atoms with Crippen molar-refractivity contribution in [2.75, 3.05) is 13.1 Å². The van der Waals surface area contributed by atoms with E-state index in [0.29, 0.717) is 18.5 Å². The zero-order valence-electron chi connectivity index (χ0n) is 13.8. The van der Waals surface area contributed by atoms with Gasteiger partial charge in [-0.2, -0.15) is 0 Å². The molecule has 5 nitrogen and oxygen atoms in total. The van der Waals surface area contributed by atoms with Crippen molar-refractivity contribution in [1.82, 2.24) is 14.5 Å². The Labute approximate surface area is 137 Å². The maximum Gasteiger partial charge on any atom is 0.191 e. The number of rotatable bonds is 3. The molecule has 0 radical (unpaired) electrons. The number of nitrogens with two attached hydrogens (primary N) is 1. The van der Waals surface area contributed by atoms with Crippen molar-refractivity contribution in [3.63, 3.8) is 0 Å². The minimum absolute atomic E-state index is 0.572. The molecular formula is C18H25N5. The lowest BCUT2D eigenvalue weighted by atomic mass is 10.00. The Morgan fingerprint density at radius 2 is 1.96 bits per heavy atom. The number of aromatic nitrogens is 2. The van der Waals surface area contributed by atoms with E-state index in [1.807, 2.05) is 6.07 Å². The summed E-state index contributed by atoms with van der Waals surface area (Å²) in [6.45, 7) is 4.93. The molecule has 4 rings (SSSR count). The van der Waals surface area contributed by atoms with Gasteiger partial charge in [-0.05, 0) is 43.7 Å². The number of guanidine groups is 1.